The molecule has 1 aromatic carbocycles. The number of aliphatic hydroxyl groups is 1. The van der Waals surface area contributed by atoms with Gasteiger partial charge >= 0.3 is 0 Å². The summed E-state index contributed by atoms with van der Waals surface area (Å²) in [6.45, 7) is 0.484. The highest BCUT2D eigenvalue weighted by Crippen LogP contribution is 2.37. The second-order valence-corrected chi connectivity index (χ2v) is 5.78. The number of aromatic nitrogens is 1. The Morgan fingerprint density at radius 2 is 1.95 bits per heavy atom. The molecule has 4 nitrogen and oxygen atoms in total. The van der Waals surface area contributed by atoms with Gasteiger partial charge in [0.2, 0.25) is 0 Å². The second-order valence-electron chi connectivity index (χ2n) is 5.34. The average molecular weight is 305 g/mol. The van der Waals surface area contributed by atoms with Gasteiger partial charge in [-0.15, -0.1) is 0 Å². The SMILES string of the molecule is O=C(NCc1ccc(CO)cc1)c1cc(Cl)cn1C1CC1. The molecule has 0 saturated heterocycles. The standard InChI is InChI=1S/C16H17ClN2O2/c17-13-7-15(19(9-13)14-5-6-14)16(21)18-8-11-1-3-12(10-20)4-2-11/h1-4,7,9,14,20H,5-6,8,10H2,(H,18,21). The van der Waals surface area contributed by atoms with E-state index in [9.17, 15) is 4.79 Å². The zero-order chi connectivity index (χ0) is 14.8. The molecule has 5 heteroatoms. The zero-order valence-corrected chi connectivity index (χ0v) is 12.3. The van der Waals surface area contributed by atoms with Crippen LogP contribution in [-0.2, 0) is 13.2 Å². The fourth-order valence-electron chi connectivity index (χ4n) is 2.32. The number of aliphatic hydroxyl groups excluding tert-OH is 1. The van der Waals surface area contributed by atoms with Crippen LogP contribution in [0.15, 0.2) is 36.5 Å². The highest BCUT2D eigenvalue weighted by molar-refractivity contribution is 6.31. The van der Waals surface area contributed by atoms with E-state index in [-0.39, 0.29) is 12.5 Å². The van der Waals surface area contributed by atoms with E-state index in [1.165, 1.54) is 0 Å². The van der Waals surface area contributed by atoms with E-state index < -0.39 is 0 Å². The van der Waals surface area contributed by atoms with E-state index in [0.717, 1.165) is 24.0 Å². The first-order valence-corrected chi connectivity index (χ1v) is 7.39. The molecule has 2 N–H and O–H groups in total. The predicted octanol–water partition coefficient (Wildman–Crippen LogP) is 2.90. The number of benzene rings is 1. The van der Waals surface area contributed by atoms with E-state index in [1.807, 2.05) is 35.0 Å². The topological polar surface area (TPSA) is 54.3 Å². The molecule has 1 amide bonds. The zero-order valence-electron chi connectivity index (χ0n) is 11.6. The van der Waals surface area contributed by atoms with Gasteiger partial charge in [-0.25, -0.2) is 0 Å². The van der Waals surface area contributed by atoms with Gasteiger partial charge in [-0.2, -0.15) is 0 Å². The van der Waals surface area contributed by atoms with Gasteiger partial charge < -0.3 is 15.0 Å². The highest BCUT2D eigenvalue weighted by atomic mass is 35.5. The van der Waals surface area contributed by atoms with Crippen molar-refractivity contribution in [3.05, 3.63) is 58.4 Å². The summed E-state index contributed by atoms with van der Waals surface area (Å²) in [7, 11) is 0. The molecule has 1 fully saturated rings. The maximum atomic E-state index is 12.3. The molecular weight excluding hydrogens is 288 g/mol. The number of halogens is 1. The van der Waals surface area contributed by atoms with Crippen molar-refractivity contribution in [1.29, 1.82) is 0 Å². The molecule has 0 bridgehead atoms. The maximum absolute atomic E-state index is 12.3. The van der Waals surface area contributed by atoms with Crippen LogP contribution < -0.4 is 5.32 Å². The number of hydrogen-bond acceptors (Lipinski definition) is 2. The van der Waals surface area contributed by atoms with E-state index >= 15 is 0 Å². The van der Waals surface area contributed by atoms with Gasteiger partial charge in [0.25, 0.3) is 5.91 Å². The predicted molar refractivity (Wildman–Crippen MR) is 81.2 cm³/mol. The molecule has 21 heavy (non-hydrogen) atoms. The summed E-state index contributed by atoms with van der Waals surface area (Å²) in [4.78, 5) is 12.3. The second kappa shape index (κ2) is 5.92. The van der Waals surface area contributed by atoms with Crippen LogP contribution >= 0.6 is 11.6 Å². The molecule has 1 heterocycles. The van der Waals surface area contributed by atoms with Gasteiger partial charge in [-0.05, 0) is 30.0 Å². The van der Waals surface area contributed by atoms with Crippen LogP contribution in [0.1, 0.15) is 40.5 Å². The molecule has 1 saturated carbocycles. The minimum Gasteiger partial charge on any atom is -0.392 e. The lowest BCUT2D eigenvalue weighted by molar-refractivity contribution is 0.0941. The highest BCUT2D eigenvalue weighted by Gasteiger charge is 2.27. The average Bonchev–Trinajstić information content (AvgIpc) is 3.27. The van der Waals surface area contributed by atoms with Crippen molar-refractivity contribution in [3.8, 4) is 0 Å². The Morgan fingerprint density at radius 1 is 1.29 bits per heavy atom. The Balaban J connectivity index is 1.65. The molecule has 110 valence electrons. The van der Waals surface area contributed by atoms with E-state index in [1.54, 1.807) is 6.07 Å². The molecule has 0 atom stereocenters. The summed E-state index contributed by atoms with van der Waals surface area (Å²) >= 11 is 6.01. The first-order chi connectivity index (χ1) is 10.2. The van der Waals surface area contributed by atoms with Crippen molar-refractivity contribution >= 4 is 17.5 Å². The van der Waals surface area contributed by atoms with Gasteiger partial charge in [0.05, 0.1) is 11.6 Å². The van der Waals surface area contributed by atoms with E-state index in [0.29, 0.717) is 23.3 Å². The Bertz CT molecular complexity index is 645. The third kappa shape index (κ3) is 3.28. The number of hydrogen-bond donors (Lipinski definition) is 2. The Morgan fingerprint density at radius 3 is 2.57 bits per heavy atom. The van der Waals surface area contributed by atoms with Crippen LogP contribution in [0.4, 0.5) is 0 Å². The lowest BCUT2D eigenvalue weighted by atomic mass is 10.1. The molecule has 3 rings (SSSR count). The molecule has 0 unspecified atom stereocenters. The number of rotatable bonds is 5. The van der Waals surface area contributed by atoms with Gasteiger partial charge in [0.15, 0.2) is 0 Å². The summed E-state index contributed by atoms with van der Waals surface area (Å²) in [5.41, 5.74) is 2.48. The van der Waals surface area contributed by atoms with Crippen LogP contribution in [0.25, 0.3) is 0 Å². The monoisotopic (exact) mass is 304 g/mol. The van der Waals surface area contributed by atoms with Crippen LogP contribution in [0, 0.1) is 0 Å². The van der Waals surface area contributed by atoms with E-state index in [2.05, 4.69) is 5.32 Å². The van der Waals surface area contributed by atoms with Crippen molar-refractivity contribution in [2.24, 2.45) is 0 Å². The molecule has 1 aliphatic rings. The lowest BCUT2D eigenvalue weighted by Gasteiger charge is -2.09. The first kappa shape index (κ1) is 14.2. The van der Waals surface area contributed by atoms with Crippen LogP contribution in [0.5, 0.6) is 0 Å². The Labute approximate surface area is 128 Å². The number of carbonyl (C=O) groups is 1. The molecule has 2 aromatic rings. The summed E-state index contributed by atoms with van der Waals surface area (Å²) in [6.07, 6.45) is 4.03. The van der Waals surface area contributed by atoms with Crippen molar-refractivity contribution in [2.75, 3.05) is 0 Å². The third-order valence-corrected chi connectivity index (χ3v) is 3.85. The minimum atomic E-state index is -0.111. The van der Waals surface area contributed by atoms with Crippen molar-refractivity contribution in [1.82, 2.24) is 9.88 Å². The quantitative estimate of drug-likeness (QED) is 0.892. The Hall–Kier alpha value is -1.78. The van der Waals surface area contributed by atoms with Gasteiger partial charge in [0.1, 0.15) is 5.69 Å². The molecule has 1 aliphatic carbocycles. The van der Waals surface area contributed by atoms with E-state index in [4.69, 9.17) is 16.7 Å². The third-order valence-electron chi connectivity index (χ3n) is 3.65. The van der Waals surface area contributed by atoms with Crippen LogP contribution in [0.2, 0.25) is 5.02 Å². The molecule has 1 aromatic heterocycles. The van der Waals surface area contributed by atoms with Gasteiger partial charge in [-0.1, -0.05) is 35.9 Å². The van der Waals surface area contributed by atoms with Crippen molar-refractivity contribution < 1.29 is 9.90 Å². The van der Waals surface area contributed by atoms with Crippen molar-refractivity contribution in [3.63, 3.8) is 0 Å². The normalized spacial score (nSPS) is 14.2. The molecule has 0 aliphatic heterocycles. The Kier molecular flexibility index (Phi) is 3.99. The van der Waals surface area contributed by atoms with Gasteiger partial charge in [0, 0.05) is 18.8 Å². The molecular formula is C16H17ClN2O2. The van der Waals surface area contributed by atoms with Crippen LogP contribution in [-0.4, -0.2) is 15.6 Å². The summed E-state index contributed by atoms with van der Waals surface area (Å²) < 4.78 is 1.96. The van der Waals surface area contributed by atoms with Crippen LogP contribution in [0.3, 0.4) is 0 Å². The smallest absolute Gasteiger partial charge is 0.268 e. The largest absolute Gasteiger partial charge is 0.392 e. The molecule has 0 radical (unpaired) electrons. The summed E-state index contributed by atoms with van der Waals surface area (Å²) in [5, 5.41) is 12.5. The summed E-state index contributed by atoms with van der Waals surface area (Å²) in [6, 6.07) is 9.64. The first-order valence-electron chi connectivity index (χ1n) is 7.01. The number of nitrogens with one attached hydrogen (secondary N) is 1. The number of nitrogens with zero attached hydrogens (tertiary/aromatic N) is 1. The van der Waals surface area contributed by atoms with Gasteiger partial charge in [-0.3, -0.25) is 4.79 Å². The molecule has 0 spiro atoms. The minimum absolute atomic E-state index is 0.0278. The maximum Gasteiger partial charge on any atom is 0.268 e. The number of carbonyl (C=O) groups excluding carboxylic acids is 1. The summed E-state index contributed by atoms with van der Waals surface area (Å²) in [5.74, 6) is -0.111. The fourth-order valence-corrected chi connectivity index (χ4v) is 2.53. The van der Waals surface area contributed by atoms with Crippen molar-refractivity contribution in [2.45, 2.75) is 32.0 Å². The lowest BCUT2D eigenvalue weighted by Crippen LogP contribution is -2.25. The fraction of sp³-hybridized carbons (Fsp3) is 0.312. The number of amides is 1.